The molecule has 4 aliphatic rings. The van der Waals surface area contributed by atoms with E-state index < -0.39 is 28.6 Å². The van der Waals surface area contributed by atoms with E-state index in [1.54, 1.807) is 12.2 Å². The van der Waals surface area contributed by atoms with Crippen molar-refractivity contribution < 1.29 is 33.4 Å². The number of thioether (sulfide) groups is 1. The van der Waals surface area contributed by atoms with Crippen molar-refractivity contribution in [2.75, 3.05) is 6.01 Å². The number of hydrogen-bond donors (Lipinski definition) is 2. The molecule has 0 spiro atoms. The Balaban J connectivity index is 1.59. The third kappa shape index (κ3) is 3.50. The van der Waals surface area contributed by atoms with Crippen molar-refractivity contribution in [2.24, 2.45) is 34.5 Å². The molecule has 4 aliphatic carbocycles. The summed E-state index contributed by atoms with van der Waals surface area (Å²) in [5.74, 6) is -1.45. The van der Waals surface area contributed by atoms with Crippen LogP contribution < -0.4 is 0 Å². The number of carbonyl (C=O) groups is 3. The molecule has 1 heterocycles. The maximum Gasteiger partial charge on any atom is 0.372 e. The molecule has 8 heteroatoms. The van der Waals surface area contributed by atoms with E-state index in [4.69, 9.17) is 4.42 Å². The standard InChI is InChI=1S/C27H31FO6S/c1-13-8-18-16-5-4-14-9-15(29)6-7-26(14,2)22(16)19(30)10-27(18,3)21(13)20-17(25(33)35-12-28)11-34-23(20)24(31)32/h6-7,9,11,13,16,18-19,21-22,30H,4-5,8,10,12H2,1-3H3,(H,31,32)/t13?,16-,18-,19?,21?,22+,26-,27-/m0/s1. The van der Waals surface area contributed by atoms with Crippen LogP contribution >= 0.6 is 11.8 Å². The summed E-state index contributed by atoms with van der Waals surface area (Å²) < 4.78 is 18.4. The zero-order valence-corrected chi connectivity index (χ0v) is 20.9. The van der Waals surface area contributed by atoms with Gasteiger partial charge >= 0.3 is 5.97 Å². The van der Waals surface area contributed by atoms with Crippen LogP contribution in [0.5, 0.6) is 0 Å². The number of carboxylic acids is 1. The first-order valence-corrected chi connectivity index (χ1v) is 13.2. The number of alkyl halides is 1. The molecule has 2 N–H and O–H groups in total. The Kier molecular flexibility index (Phi) is 5.91. The largest absolute Gasteiger partial charge is 0.475 e. The van der Waals surface area contributed by atoms with Crippen LogP contribution in [0.2, 0.25) is 0 Å². The van der Waals surface area contributed by atoms with Gasteiger partial charge in [0.25, 0.3) is 0 Å². The molecule has 35 heavy (non-hydrogen) atoms. The van der Waals surface area contributed by atoms with Gasteiger partial charge in [0.1, 0.15) is 12.3 Å². The van der Waals surface area contributed by atoms with Gasteiger partial charge in [-0.15, -0.1) is 0 Å². The Morgan fingerprint density at radius 3 is 2.74 bits per heavy atom. The van der Waals surface area contributed by atoms with E-state index in [1.807, 2.05) is 6.08 Å². The lowest BCUT2D eigenvalue weighted by Gasteiger charge is -2.58. The molecule has 0 saturated heterocycles. The first-order chi connectivity index (χ1) is 16.5. The van der Waals surface area contributed by atoms with Crippen LogP contribution in [0.4, 0.5) is 4.39 Å². The van der Waals surface area contributed by atoms with Crippen molar-refractivity contribution in [3.8, 4) is 0 Å². The van der Waals surface area contributed by atoms with Gasteiger partial charge in [-0.25, -0.2) is 9.18 Å². The molecule has 0 amide bonds. The molecular formula is C27H31FO6S. The number of rotatable bonds is 4. The monoisotopic (exact) mass is 502 g/mol. The summed E-state index contributed by atoms with van der Waals surface area (Å²) in [5.41, 5.74) is 0.692. The summed E-state index contributed by atoms with van der Waals surface area (Å²) in [6.45, 7) is 6.29. The Morgan fingerprint density at radius 1 is 1.31 bits per heavy atom. The first kappa shape index (κ1) is 24.5. The van der Waals surface area contributed by atoms with E-state index in [-0.39, 0.29) is 52.1 Å². The van der Waals surface area contributed by atoms with E-state index in [0.29, 0.717) is 23.7 Å². The lowest BCUT2D eigenvalue weighted by atomic mass is 9.46. The zero-order chi connectivity index (χ0) is 25.3. The van der Waals surface area contributed by atoms with E-state index in [9.17, 15) is 29.0 Å². The molecule has 0 radical (unpaired) electrons. The SMILES string of the molecule is CC1C[C@H]2[C@@H]3CCC4=CC(=O)C=C[C@]4(C)[C@H]3C(O)C[C@]2(C)C1c1c(C(=O)SCF)coc1C(=O)O. The van der Waals surface area contributed by atoms with Crippen molar-refractivity contribution in [3.05, 3.63) is 47.0 Å². The predicted octanol–water partition coefficient (Wildman–Crippen LogP) is 5.39. The third-order valence-electron chi connectivity index (χ3n) is 9.58. The number of aromatic carboxylic acids is 1. The van der Waals surface area contributed by atoms with Crippen LogP contribution in [0.3, 0.4) is 0 Å². The smallest absolute Gasteiger partial charge is 0.372 e. The average molecular weight is 503 g/mol. The molecule has 5 rings (SSSR count). The van der Waals surface area contributed by atoms with Gasteiger partial charge in [0.2, 0.25) is 10.9 Å². The molecule has 1 aromatic rings. The topological polar surface area (TPSA) is 105 Å². The number of hydrogen-bond acceptors (Lipinski definition) is 6. The van der Waals surface area contributed by atoms with Gasteiger partial charge in [-0.3, -0.25) is 9.59 Å². The van der Waals surface area contributed by atoms with Crippen LogP contribution in [-0.2, 0) is 4.79 Å². The number of carbonyl (C=O) groups excluding carboxylic acids is 2. The summed E-state index contributed by atoms with van der Waals surface area (Å²) >= 11 is 0.493. The Bertz CT molecular complexity index is 1150. The fourth-order valence-electron chi connectivity index (χ4n) is 8.43. The van der Waals surface area contributed by atoms with Gasteiger partial charge < -0.3 is 14.6 Å². The number of aliphatic hydroxyl groups is 1. The number of halogens is 1. The lowest BCUT2D eigenvalue weighted by Crippen LogP contribution is -2.55. The van der Waals surface area contributed by atoms with E-state index in [2.05, 4.69) is 20.8 Å². The summed E-state index contributed by atoms with van der Waals surface area (Å²) in [4.78, 5) is 36.9. The van der Waals surface area contributed by atoms with Gasteiger partial charge in [-0.1, -0.05) is 32.4 Å². The van der Waals surface area contributed by atoms with Crippen molar-refractivity contribution in [3.63, 3.8) is 0 Å². The highest BCUT2D eigenvalue weighted by atomic mass is 32.2. The number of ketones is 1. The zero-order valence-electron chi connectivity index (χ0n) is 20.1. The summed E-state index contributed by atoms with van der Waals surface area (Å²) in [6.07, 6.45) is 8.72. The minimum atomic E-state index is -1.25. The number of fused-ring (bicyclic) bond motifs is 5. The molecule has 188 valence electrons. The molecular weight excluding hydrogens is 471 g/mol. The summed E-state index contributed by atoms with van der Waals surface area (Å²) in [6, 6.07) is -0.904. The molecule has 3 saturated carbocycles. The fourth-order valence-corrected chi connectivity index (χ4v) is 8.85. The minimum absolute atomic E-state index is 0.00915. The molecule has 3 unspecified atom stereocenters. The minimum Gasteiger partial charge on any atom is -0.475 e. The van der Waals surface area contributed by atoms with Gasteiger partial charge in [0, 0.05) is 16.9 Å². The molecule has 0 aromatic carbocycles. The highest BCUT2D eigenvalue weighted by Crippen LogP contribution is 2.69. The second-order valence-electron chi connectivity index (χ2n) is 11.2. The van der Waals surface area contributed by atoms with Gasteiger partial charge in [-0.2, -0.15) is 0 Å². The normalized spacial score (nSPS) is 40.0. The molecule has 8 atom stereocenters. The van der Waals surface area contributed by atoms with Crippen LogP contribution in [0.25, 0.3) is 0 Å². The van der Waals surface area contributed by atoms with Crippen molar-refractivity contribution in [1.82, 2.24) is 0 Å². The van der Waals surface area contributed by atoms with Crippen molar-refractivity contribution in [1.29, 1.82) is 0 Å². The maximum absolute atomic E-state index is 13.0. The highest BCUT2D eigenvalue weighted by Gasteiger charge is 2.64. The Hall–Kier alpha value is -2.19. The molecule has 0 aliphatic heterocycles. The summed E-state index contributed by atoms with van der Waals surface area (Å²) in [5, 5.41) is 20.9. The van der Waals surface area contributed by atoms with Gasteiger partial charge in [0.05, 0.1) is 11.7 Å². The quantitative estimate of drug-likeness (QED) is 0.569. The lowest BCUT2D eigenvalue weighted by molar-refractivity contribution is -0.115. The molecule has 3 fully saturated rings. The fraction of sp³-hybridized carbons (Fsp3) is 0.593. The number of aliphatic hydroxyl groups excluding tert-OH is 1. The number of furan rings is 1. The van der Waals surface area contributed by atoms with E-state index >= 15 is 0 Å². The van der Waals surface area contributed by atoms with Crippen LogP contribution in [-0.4, -0.2) is 39.2 Å². The van der Waals surface area contributed by atoms with E-state index in [0.717, 1.165) is 31.1 Å². The second-order valence-corrected chi connectivity index (χ2v) is 12.1. The highest BCUT2D eigenvalue weighted by molar-refractivity contribution is 8.14. The van der Waals surface area contributed by atoms with Crippen LogP contribution in [0.15, 0.2) is 34.5 Å². The Morgan fingerprint density at radius 2 is 2.06 bits per heavy atom. The average Bonchev–Trinajstić information content (AvgIpc) is 3.31. The Labute approximate surface area is 208 Å². The molecule has 0 bridgehead atoms. The molecule has 6 nitrogen and oxygen atoms in total. The van der Waals surface area contributed by atoms with Crippen LogP contribution in [0, 0.1) is 34.5 Å². The van der Waals surface area contributed by atoms with Crippen molar-refractivity contribution >= 4 is 28.6 Å². The van der Waals surface area contributed by atoms with Gasteiger partial charge in [0.15, 0.2) is 5.78 Å². The van der Waals surface area contributed by atoms with Gasteiger partial charge in [-0.05, 0) is 78.7 Å². The van der Waals surface area contributed by atoms with E-state index in [1.165, 1.54) is 0 Å². The van der Waals surface area contributed by atoms with Crippen molar-refractivity contribution in [2.45, 2.75) is 58.5 Å². The second kappa shape index (κ2) is 8.44. The molecule has 1 aromatic heterocycles. The predicted molar refractivity (Wildman–Crippen MR) is 129 cm³/mol. The number of carboxylic acid groups (broad SMARTS) is 1. The maximum atomic E-state index is 13.0. The third-order valence-corrected chi connectivity index (χ3v) is 10.2. The first-order valence-electron chi connectivity index (χ1n) is 12.2. The summed E-state index contributed by atoms with van der Waals surface area (Å²) in [7, 11) is 0. The number of allylic oxidation sites excluding steroid dienone is 4. The van der Waals surface area contributed by atoms with Crippen LogP contribution in [0.1, 0.15) is 78.8 Å².